The normalized spacial score (nSPS) is 11.1. The molecule has 0 radical (unpaired) electrons. The first-order valence-electron chi connectivity index (χ1n) is 6.88. The second-order valence-corrected chi connectivity index (χ2v) is 5.09. The van der Waals surface area contributed by atoms with Crippen LogP contribution in [0.5, 0.6) is 5.75 Å². The van der Waals surface area contributed by atoms with Gasteiger partial charge in [0.25, 0.3) is 0 Å². The molecule has 0 saturated heterocycles. The van der Waals surface area contributed by atoms with Gasteiger partial charge in [-0.05, 0) is 45.9 Å². The van der Waals surface area contributed by atoms with Gasteiger partial charge in [0.15, 0.2) is 0 Å². The number of benzene rings is 1. The number of aryl methyl sites for hydroxylation is 1. The summed E-state index contributed by atoms with van der Waals surface area (Å²) < 4.78 is 12.9. The Labute approximate surface area is 119 Å². The Bertz CT molecular complexity index is 641. The first-order chi connectivity index (χ1) is 9.45. The van der Waals surface area contributed by atoms with Gasteiger partial charge in [-0.25, -0.2) is 4.79 Å². The number of fused-ring (bicyclic) bond motifs is 1. The van der Waals surface area contributed by atoms with Crippen LogP contribution in [0.15, 0.2) is 18.2 Å². The summed E-state index contributed by atoms with van der Waals surface area (Å²) in [6.45, 7) is 8.07. The molecule has 0 fully saturated rings. The van der Waals surface area contributed by atoms with Crippen LogP contribution in [0.4, 0.5) is 0 Å². The molecule has 1 aromatic carbocycles. The molecular formula is C16H21NO3. The molecule has 0 N–H and O–H groups in total. The molecule has 0 spiro atoms. The molecule has 0 aliphatic carbocycles. The molecule has 0 aliphatic heterocycles. The third-order valence-corrected chi connectivity index (χ3v) is 3.31. The number of carbonyl (C=O) groups is 1. The molecule has 0 saturated carbocycles. The van der Waals surface area contributed by atoms with Crippen LogP contribution < -0.4 is 4.74 Å². The standard InChI is InChI=1S/C16H21NO3/c1-6-19-16(18)15-11(4)17(5)14-8-7-12(9-13(14)15)20-10(2)3/h7-10H,6H2,1-5H3. The van der Waals surface area contributed by atoms with E-state index in [-0.39, 0.29) is 12.1 Å². The highest BCUT2D eigenvalue weighted by Crippen LogP contribution is 2.29. The molecule has 0 atom stereocenters. The summed E-state index contributed by atoms with van der Waals surface area (Å²) in [5, 5.41) is 0.876. The summed E-state index contributed by atoms with van der Waals surface area (Å²) in [5.41, 5.74) is 2.53. The van der Waals surface area contributed by atoms with Crippen molar-refractivity contribution in [3.63, 3.8) is 0 Å². The van der Waals surface area contributed by atoms with Gasteiger partial charge >= 0.3 is 5.97 Å². The first kappa shape index (κ1) is 14.4. The van der Waals surface area contributed by atoms with Crippen molar-refractivity contribution in [1.82, 2.24) is 4.57 Å². The molecular weight excluding hydrogens is 254 g/mol. The van der Waals surface area contributed by atoms with Gasteiger partial charge in [-0.2, -0.15) is 0 Å². The summed E-state index contributed by atoms with van der Waals surface area (Å²) in [5.74, 6) is 0.487. The highest BCUT2D eigenvalue weighted by atomic mass is 16.5. The Hall–Kier alpha value is -1.97. The van der Waals surface area contributed by atoms with E-state index in [1.807, 2.05) is 57.5 Å². The predicted octanol–water partition coefficient (Wildman–Crippen LogP) is 3.45. The SMILES string of the molecule is CCOC(=O)c1c(C)n(C)c2ccc(OC(C)C)cc12. The summed E-state index contributed by atoms with van der Waals surface area (Å²) in [4.78, 5) is 12.1. The summed E-state index contributed by atoms with van der Waals surface area (Å²) in [6.07, 6.45) is 0.100. The Morgan fingerprint density at radius 3 is 2.65 bits per heavy atom. The van der Waals surface area contributed by atoms with Gasteiger partial charge in [0.1, 0.15) is 5.75 Å². The van der Waals surface area contributed by atoms with Crippen molar-refractivity contribution in [1.29, 1.82) is 0 Å². The Kier molecular flexibility index (Phi) is 4.02. The van der Waals surface area contributed by atoms with E-state index >= 15 is 0 Å². The minimum atomic E-state index is -0.280. The van der Waals surface area contributed by atoms with Crippen molar-refractivity contribution < 1.29 is 14.3 Å². The number of ether oxygens (including phenoxy) is 2. The first-order valence-corrected chi connectivity index (χ1v) is 6.88. The number of hydrogen-bond donors (Lipinski definition) is 0. The minimum Gasteiger partial charge on any atom is -0.491 e. The van der Waals surface area contributed by atoms with Crippen LogP contribution >= 0.6 is 0 Å². The zero-order valence-electron chi connectivity index (χ0n) is 12.7. The zero-order valence-corrected chi connectivity index (χ0v) is 12.7. The van der Waals surface area contributed by atoms with Crippen LogP contribution in [0.25, 0.3) is 10.9 Å². The van der Waals surface area contributed by atoms with Gasteiger partial charge in [0.05, 0.1) is 18.3 Å². The lowest BCUT2D eigenvalue weighted by Crippen LogP contribution is -2.07. The van der Waals surface area contributed by atoms with E-state index in [4.69, 9.17) is 9.47 Å². The van der Waals surface area contributed by atoms with Crippen LogP contribution in [-0.2, 0) is 11.8 Å². The topological polar surface area (TPSA) is 40.5 Å². The van der Waals surface area contributed by atoms with Crippen LogP contribution in [0.1, 0.15) is 36.8 Å². The summed E-state index contributed by atoms with van der Waals surface area (Å²) in [7, 11) is 1.95. The van der Waals surface area contributed by atoms with E-state index in [0.717, 1.165) is 22.3 Å². The summed E-state index contributed by atoms with van der Waals surface area (Å²) in [6, 6.07) is 5.81. The maximum Gasteiger partial charge on any atom is 0.340 e. The average Bonchev–Trinajstić information content (AvgIpc) is 2.61. The van der Waals surface area contributed by atoms with Gasteiger partial charge < -0.3 is 14.0 Å². The number of hydrogen-bond acceptors (Lipinski definition) is 3. The second kappa shape index (κ2) is 5.57. The molecule has 4 heteroatoms. The Balaban J connectivity index is 2.59. The number of aromatic nitrogens is 1. The molecule has 2 rings (SSSR count). The lowest BCUT2D eigenvalue weighted by atomic mass is 10.1. The third-order valence-electron chi connectivity index (χ3n) is 3.31. The molecule has 0 amide bonds. The van der Waals surface area contributed by atoms with Crippen molar-refractivity contribution >= 4 is 16.9 Å². The van der Waals surface area contributed by atoms with E-state index in [2.05, 4.69) is 0 Å². The van der Waals surface area contributed by atoms with Crippen LogP contribution in [0, 0.1) is 6.92 Å². The lowest BCUT2D eigenvalue weighted by Gasteiger charge is -2.10. The predicted molar refractivity (Wildman–Crippen MR) is 79.4 cm³/mol. The van der Waals surface area contributed by atoms with E-state index in [9.17, 15) is 4.79 Å². The highest BCUT2D eigenvalue weighted by Gasteiger charge is 2.20. The quantitative estimate of drug-likeness (QED) is 0.802. The molecule has 4 nitrogen and oxygen atoms in total. The molecule has 1 heterocycles. The molecule has 108 valence electrons. The summed E-state index contributed by atoms with van der Waals surface area (Å²) >= 11 is 0. The van der Waals surface area contributed by atoms with E-state index < -0.39 is 0 Å². The van der Waals surface area contributed by atoms with Gasteiger partial charge in [0.2, 0.25) is 0 Å². The molecule has 1 aromatic heterocycles. The Morgan fingerprint density at radius 1 is 1.35 bits per heavy atom. The zero-order chi connectivity index (χ0) is 14.9. The fourth-order valence-corrected chi connectivity index (χ4v) is 2.36. The third kappa shape index (κ3) is 2.50. The minimum absolute atomic E-state index is 0.100. The largest absolute Gasteiger partial charge is 0.491 e. The molecule has 0 unspecified atom stereocenters. The number of esters is 1. The van der Waals surface area contributed by atoms with Gasteiger partial charge in [-0.1, -0.05) is 0 Å². The van der Waals surface area contributed by atoms with Gasteiger partial charge in [-0.15, -0.1) is 0 Å². The number of rotatable bonds is 4. The fourth-order valence-electron chi connectivity index (χ4n) is 2.36. The average molecular weight is 275 g/mol. The van der Waals surface area contributed by atoms with Gasteiger partial charge in [0, 0.05) is 23.6 Å². The van der Waals surface area contributed by atoms with Crippen molar-refractivity contribution in [2.24, 2.45) is 7.05 Å². The van der Waals surface area contributed by atoms with Crippen LogP contribution in [-0.4, -0.2) is 23.2 Å². The van der Waals surface area contributed by atoms with E-state index in [1.165, 1.54) is 0 Å². The smallest absolute Gasteiger partial charge is 0.340 e. The maximum absolute atomic E-state index is 12.1. The molecule has 20 heavy (non-hydrogen) atoms. The number of nitrogens with zero attached hydrogens (tertiary/aromatic N) is 1. The van der Waals surface area contributed by atoms with Crippen LogP contribution in [0.2, 0.25) is 0 Å². The maximum atomic E-state index is 12.1. The van der Waals surface area contributed by atoms with Crippen molar-refractivity contribution in [2.75, 3.05) is 6.61 Å². The van der Waals surface area contributed by atoms with E-state index in [1.54, 1.807) is 0 Å². The van der Waals surface area contributed by atoms with Crippen LogP contribution in [0.3, 0.4) is 0 Å². The molecule has 0 aliphatic rings. The van der Waals surface area contributed by atoms with Gasteiger partial charge in [-0.3, -0.25) is 0 Å². The van der Waals surface area contributed by atoms with Crippen molar-refractivity contribution in [3.8, 4) is 5.75 Å². The highest BCUT2D eigenvalue weighted by molar-refractivity contribution is 6.06. The lowest BCUT2D eigenvalue weighted by molar-refractivity contribution is 0.0527. The van der Waals surface area contributed by atoms with Crippen molar-refractivity contribution in [2.45, 2.75) is 33.8 Å². The Morgan fingerprint density at radius 2 is 2.05 bits per heavy atom. The molecule has 2 aromatic rings. The van der Waals surface area contributed by atoms with E-state index in [0.29, 0.717) is 12.2 Å². The fraction of sp³-hybridized carbons (Fsp3) is 0.438. The van der Waals surface area contributed by atoms with Crippen molar-refractivity contribution in [3.05, 3.63) is 29.5 Å². The number of carbonyl (C=O) groups excluding carboxylic acids is 1. The monoisotopic (exact) mass is 275 g/mol. The molecule has 0 bridgehead atoms. The second-order valence-electron chi connectivity index (χ2n) is 5.09.